The third kappa shape index (κ3) is 2.99. The molecule has 0 bridgehead atoms. The summed E-state index contributed by atoms with van der Waals surface area (Å²) in [5, 5.41) is 8.77. The molecule has 1 aromatic carbocycles. The van der Waals surface area contributed by atoms with Crippen molar-refractivity contribution in [3.63, 3.8) is 0 Å². The van der Waals surface area contributed by atoms with Crippen LogP contribution in [-0.4, -0.2) is 17.6 Å². The summed E-state index contributed by atoms with van der Waals surface area (Å²) in [4.78, 5) is 0. The van der Waals surface area contributed by atoms with Gasteiger partial charge in [-0.05, 0) is 17.7 Å². The molecule has 0 heterocycles. The number of hydrogen-bond acceptors (Lipinski definition) is 1. The van der Waals surface area contributed by atoms with E-state index in [0.717, 1.165) is 12.1 Å². The molecule has 0 aliphatic rings. The van der Waals surface area contributed by atoms with Crippen LogP contribution in [0.15, 0.2) is 18.2 Å². The number of hydrogen-bond donors (Lipinski definition) is 1. The van der Waals surface area contributed by atoms with Crippen molar-refractivity contribution in [3.8, 4) is 0 Å². The van der Waals surface area contributed by atoms with Crippen molar-refractivity contribution in [2.75, 3.05) is 0 Å². The Bertz CT molecular complexity index is 293. The van der Waals surface area contributed by atoms with Crippen molar-refractivity contribution in [2.45, 2.75) is 19.0 Å². The lowest BCUT2D eigenvalue weighted by atomic mass is 10.1. The molecule has 0 spiro atoms. The minimum Gasteiger partial charge on any atom is -0.387 e. The fourth-order valence-electron chi connectivity index (χ4n) is 1.06. The van der Waals surface area contributed by atoms with Crippen LogP contribution in [0.5, 0.6) is 0 Å². The van der Waals surface area contributed by atoms with Gasteiger partial charge in [-0.25, -0.2) is 17.6 Å². The van der Waals surface area contributed by atoms with Crippen molar-refractivity contribution >= 4 is 0 Å². The molecule has 78 valence electrons. The first-order valence-electron chi connectivity index (χ1n) is 3.90. The van der Waals surface area contributed by atoms with Gasteiger partial charge < -0.3 is 5.11 Å². The molecule has 0 aliphatic carbocycles. The number of rotatable bonds is 3. The standard InChI is InChI=1S/C9H8F4O/c10-6-1-5(2-7(11)4-6)3-8(14)9(12)13/h1-2,4,8-9,14H,3H2. The molecule has 0 aliphatic heterocycles. The minimum absolute atomic E-state index is 0.00954. The van der Waals surface area contributed by atoms with Crippen LogP contribution in [0.2, 0.25) is 0 Å². The third-order valence-corrected chi connectivity index (χ3v) is 1.66. The van der Waals surface area contributed by atoms with Crippen LogP contribution in [0.1, 0.15) is 5.56 Å². The van der Waals surface area contributed by atoms with Crippen molar-refractivity contribution in [1.29, 1.82) is 0 Å². The van der Waals surface area contributed by atoms with Gasteiger partial charge in [-0.3, -0.25) is 0 Å². The van der Waals surface area contributed by atoms with Gasteiger partial charge in [0, 0.05) is 12.5 Å². The van der Waals surface area contributed by atoms with E-state index in [-0.39, 0.29) is 5.56 Å². The van der Waals surface area contributed by atoms with Crippen molar-refractivity contribution in [1.82, 2.24) is 0 Å². The van der Waals surface area contributed by atoms with E-state index in [9.17, 15) is 17.6 Å². The van der Waals surface area contributed by atoms with Crippen LogP contribution >= 0.6 is 0 Å². The predicted molar refractivity (Wildman–Crippen MR) is 42.1 cm³/mol. The molecule has 1 rings (SSSR count). The SMILES string of the molecule is OC(Cc1cc(F)cc(F)c1)C(F)F. The number of benzene rings is 1. The monoisotopic (exact) mass is 208 g/mol. The molecular formula is C9H8F4O. The Kier molecular flexibility index (Phi) is 3.46. The summed E-state index contributed by atoms with van der Waals surface area (Å²) in [5.74, 6) is -1.69. The second-order valence-corrected chi connectivity index (χ2v) is 2.88. The third-order valence-electron chi connectivity index (χ3n) is 1.66. The van der Waals surface area contributed by atoms with Crippen molar-refractivity contribution in [3.05, 3.63) is 35.4 Å². The maximum atomic E-state index is 12.6. The van der Waals surface area contributed by atoms with Gasteiger partial charge in [-0.2, -0.15) is 0 Å². The normalized spacial score (nSPS) is 13.3. The molecule has 0 aromatic heterocycles. The summed E-state index contributed by atoms with van der Waals surface area (Å²) >= 11 is 0. The molecule has 1 aromatic rings. The smallest absolute Gasteiger partial charge is 0.264 e. The first-order valence-corrected chi connectivity index (χ1v) is 3.90. The lowest BCUT2D eigenvalue weighted by molar-refractivity contribution is -0.00372. The second-order valence-electron chi connectivity index (χ2n) is 2.88. The zero-order valence-electron chi connectivity index (χ0n) is 7.05. The number of halogens is 4. The maximum Gasteiger partial charge on any atom is 0.264 e. The van der Waals surface area contributed by atoms with Crippen LogP contribution in [0.4, 0.5) is 17.6 Å². The van der Waals surface area contributed by atoms with E-state index < -0.39 is 30.6 Å². The fraction of sp³-hybridized carbons (Fsp3) is 0.333. The Labute approximate surface area is 78.0 Å². The molecule has 1 N–H and O–H groups in total. The van der Waals surface area contributed by atoms with E-state index >= 15 is 0 Å². The van der Waals surface area contributed by atoms with E-state index in [0.29, 0.717) is 6.07 Å². The molecule has 0 saturated carbocycles. The van der Waals surface area contributed by atoms with Crippen LogP contribution in [0, 0.1) is 11.6 Å². The summed E-state index contributed by atoms with van der Waals surface area (Å²) < 4.78 is 48.9. The van der Waals surface area contributed by atoms with E-state index in [1.165, 1.54) is 0 Å². The summed E-state index contributed by atoms with van der Waals surface area (Å²) in [7, 11) is 0. The molecule has 1 atom stereocenters. The highest BCUT2D eigenvalue weighted by Gasteiger charge is 2.17. The zero-order valence-corrected chi connectivity index (χ0v) is 7.05. The molecule has 0 radical (unpaired) electrons. The van der Waals surface area contributed by atoms with E-state index in [1.54, 1.807) is 0 Å². The quantitative estimate of drug-likeness (QED) is 0.754. The highest BCUT2D eigenvalue weighted by molar-refractivity contribution is 5.18. The molecule has 0 saturated heterocycles. The molecule has 5 heteroatoms. The van der Waals surface area contributed by atoms with Gasteiger partial charge in [-0.15, -0.1) is 0 Å². The predicted octanol–water partition coefficient (Wildman–Crippen LogP) is 2.13. The number of alkyl halides is 2. The van der Waals surface area contributed by atoms with Crippen molar-refractivity contribution in [2.24, 2.45) is 0 Å². The average molecular weight is 208 g/mol. The van der Waals surface area contributed by atoms with Gasteiger partial charge in [0.15, 0.2) is 0 Å². The molecule has 14 heavy (non-hydrogen) atoms. The Morgan fingerprint density at radius 3 is 2.00 bits per heavy atom. The summed E-state index contributed by atoms with van der Waals surface area (Å²) in [5.41, 5.74) is 0.00954. The van der Waals surface area contributed by atoms with Crippen LogP contribution in [0.3, 0.4) is 0 Å². The van der Waals surface area contributed by atoms with E-state index in [1.807, 2.05) is 0 Å². The van der Waals surface area contributed by atoms with Crippen molar-refractivity contribution < 1.29 is 22.7 Å². The van der Waals surface area contributed by atoms with Crippen LogP contribution in [0.25, 0.3) is 0 Å². The van der Waals surface area contributed by atoms with Gasteiger partial charge >= 0.3 is 0 Å². The minimum atomic E-state index is -2.92. The molecule has 1 unspecified atom stereocenters. The van der Waals surface area contributed by atoms with Crippen LogP contribution < -0.4 is 0 Å². The summed E-state index contributed by atoms with van der Waals surface area (Å²) in [6.45, 7) is 0. The van der Waals surface area contributed by atoms with Crippen LogP contribution in [-0.2, 0) is 6.42 Å². The Morgan fingerprint density at radius 1 is 1.07 bits per heavy atom. The Balaban J connectivity index is 2.76. The van der Waals surface area contributed by atoms with Gasteiger partial charge in [0.2, 0.25) is 0 Å². The first kappa shape index (κ1) is 11.0. The lowest BCUT2D eigenvalue weighted by Gasteiger charge is -2.09. The molecule has 0 fully saturated rings. The number of aliphatic hydroxyl groups excluding tert-OH is 1. The zero-order chi connectivity index (χ0) is 10.7. The van der Waals surface area contributed by atoms with Gasteiger partial charge in [0.1, 0.15) is 17.7 Å². The average Bonchev–Trinajstić information content (AvgIpc) is 2.01. The van der Waals surface area contributed by atoms with Gasteiger partial charge in [-0.1, -0.05) is 0 Å². The van der Waals surface area contributed by atoms with E-state index in [2.05, 4.69) is 0 Å². The second kappa shape index (κ2) is 4.41. The summed E-state index contributed by atoms with van der Waals surface area (Å²) in [6.07, 6.45) is -5.27. The van der Waals surface area contributed by atoms with Gasteiger partial charge in [0.25, 0.3) is 6.43 Å². The highest BCUT2D eigenvalue weighted by atomic mass is 19.3. The first-order chi connectivity index (χ1) is 6.49. The Morgan fingerprint density at radius 2 is 1.57 bits per heavy atom. The summed E-state index contributed by atoms with van der Waals surface area (Å²) in [6, 6.07) is 2.46. The molecular weight excluding hydrogens is 200 g/mol. The molecule has 0 amide bonds. The fourth-order valence-corrected chi connectivity index (χ4v) is 1.06. The number of aliphatic hydroxyl groups is 1. The topological polar surface area (TPSA) is 20.2 Å². The maximum absolute atomic E-state index is 12.6. The highest BCUT2D eigenvalue weighted by Crippen LogP contribution is 2.12. The van der Waals surface area contributed by atoms with Gasteiger partial charge in [0.05, 0.1) is 0 Å². The lowest BCUT2D eigenvalue weighted by Crippen LogP contribution is -2.20. The largest absolute Gasteiger partial charge is 0.387 e. The Hall–Kier alpha value is -1.10. The van der Waals surface area contributed by atoms with E-state index in [4.69, 9.17) is 5.11 Å². The molecule has 1 nitrogen and oxygen atoms in total.